The summed E-state index contributed by atoms with van der Waals surface area (Å²) in [5.74, 6) is 1.60. The van der Waals surface area contributed by atoms with Crippen LogP contribution in [0.25, 0.3) is 0 Å². The number of rotatable bonds is 7. The van der Waals surface area contributed by atoms with Gasteiger partial charge in [-0.2, -0.15) is 0 Å². The van der Waals surface area contributed by atoms with Crippen molar-refractivity contribution < 1.29 is 19.0 Å². The van der Waals surface area contributed by atoms with Crippen molar-refractivity contribution >= 4 is 11.6 Å². The first kappa shape index (κ1) is 16.7. The molecule has 5 heteroatoms. The van der Waals surface area contributed by atoms with E-state index in [2.05, 4.69) is 12.2 Å². The Morgan fingerprint density at radius 3 is 2.30 bits per heavy atom. The summed E-state index contributed by atoms with van der Waals surface area (Å²) in [6, 6.07) is 12.9. The Kier molecular flexibility index (Phi) is 5.86. The molecule has 0 aromatic heterocycles. The van der Waals surface area contributed by atoms with E-state index in [1.54, 1.807) is 32.4 Å². The van der Waals surface area contributed by atoms with Crippen LogP contribution in [0.4, 0.5) is 5.69 Å². The Bertz CT molecular complexity index is 653. The lowest BCUT2D eigenvalue weighted by Crippen LogP contribution is -2.20. The maximum absolute atomic E-state index is 12.0. The third-order valence-electron chi connectivity index (χ3n) is 3.37. The number of hydrogen-bond donors (Lipinski definition) is 1. The van der Waals surface area contributed by atoms with Gasteiger partial charge in [0.25, 0.3) is 5.91 Å². The number of benzene rings is 2. The molecule has 2 aromatic carbocycles. The second kappa shape index (κ2) is 8.08. The molecule has 1 amide bonds. The molecule has 0 unspecified atom stereocenters. The fourth-order valence-electron chi connectivity index (χ4n) is 2.08. The van der Waals surface area contributed by atoms with Gasteiger partial charge >= 0.3 is 0 Å². The lowest BCUT2D eigenvalue weighted by atomic mass is 10.2. The minimum Gasteiger partial charge on any atom is -0.493 e. The average molecular weight is 315 g/mol. The Balaban J connectivity index is 1.91. The van der Waals surface area contributed by atoms with Crippen molar-refractivity contribution in [3.63, 3.8) is 0 Å². The summed E-state index contributed by atoms with van der Waals surface area (Å²) in [6.07, 6.45) is 0.972. The van der Waals surface area contributed by atoms with E-state index in [1.807, 2.05) is 24.3 Å². The standard InChI is InChI=1S/C18H21NO4/c1-4-13-5-8-15(9-6-13)23-12-18(20)19-14-7-10-16(21-2)17(11-14)22-3/h5-11H,4,12H2,1-3H3,(H,19,20). The summed E-state index contributed by atoms with van der Waals surface area (Å²) in [5, 5.41) is 2.76. The summed E-state index contributed by atoms with van der Waals surface area (Å²) in [7, 11) is 3.11. The van der Waals surface area contributed by atoms with Crippen LogP contribution >= 0.6 is 0 Å². The quantitative estimate of drug-likeness (QED) is 0.852. The number of carbonyl (C=O) groups excluding carboxylic acids is 1. The normalized spacial score (nSPS) is 10.0. The van der Waals surface area contributed by atoms with Crippen LogP contribution in [0.5, 0.6) is 17.2 Å². The monoisotopic (exact) mass is 315 g/mol. The fraction of sp³-hybridized carbons (Fsp3) is 0.278. The molecule has 0 radical (unpaired) electrons. The van der Waals surface area contributed by atoms with Crippen molar-refractivity contribution in [2.45, 2.75) is 13.3 Å². The summed E-state index contributed by atoms with van der Waals surface area (Å²) < 4.78 is 15.8. The van der Waals surface area contributed by atoms with E-state index in [4.69, 9.17) is 14.2 Å². The van der Waals surface area contributed by atoms with Crippen LogP contribution in [0, 0.1) is 0 Å². The molecule has 23 heavy (non-hydrogen) atoms. The van der Waals surface area contributed by atoms with Gasteiger partial charge in [0.05, 0.1) is 14.2 Å². The maximum atomic E-state index is 12.0. The van der Waals surface area contributed by atoms with Crippen LogP contribution < -0.4 is 19.5 Å². The van der Waals surface area contributed by atoms with Crippen LogP contribution in [0.3, 0.4) is 0 Å². The Labute approximate surface area is 136 Å². The van der Waals surface area contributed by atoms with E-state index in [-0.39, 0.29) is 12.5 Å². The van der Waals surface area contributed by atoms with Crippen LogP contribution in [0.2, 0.25) is 0 Å². The van der Waals surface area contributed by atoms with Gasteiger partial charge in [-0.1, -0.05) is 19.1 Å². The molecule has 0 heterocycles. The molecule has 0 saturated carbocycles. The van der Waals surface area contributed by atoms with Crippen molar-refractivity contribution in [1.29, 1.82) is 0 Å². The van der Waals surface area contributed by atoms with Crippen LogP contribution in [0.1, 0.15) is 12.5 Å². The zero-order valence-electron chi connectivity index (χ0n) is 13.6. The molecule has 0 atom stereocenters. The Morgan fingerprint density at radius 1 is 1.00 bits per heavy atom. The SMILES string of the molecule is CCc1ccc(OCC(=O)Nc2ccc(OC)c(OC)c2)cc1. The highest BCUT2D eigenvalue weighted by Crippen LogP contribution is 2.29. The van der Waals surface area contributed by atoms with Gasteiger partial charge in [-0.25, -0.2) is 0 Å². The molecule has 122 valence electrons. The first-order valence-electron chi connectivity index (χ1n) is 7.40. The van der Waals surface area contributed by atoms with E-state index in [0.717, 1.165) is 6.42 Å². The van der Waals surface area contributed by atoms with E-state index >= 15 is 0 Å². The number of ether oxygens (including phenoxy) is 3. The number of nitrogens with one attached hydrogen (secondary N) is 1. The van der Waals surface area contributed by atoms with Crippen LogP contribution in [0.15, 0.2) is 42.5 Å². The zero-order valence-corrected chi connectivity index (χ0v) is 13.6. The molecule has 2 aromatic rings. The third-order valence-corrected chi connectivity index (χ3v) is 3.37. The van der Waals surface area contributed by atoms with Gasteiger partial charge < -0.3 is 19.5 Å². The van der Waals surface area contributed by atoms with Crippen molar-refractivity contribution in [2.24, 2.45) is 0 Å². The Hall–Kier alpha value is -2.69. The van der Waals surface area contributed by atoms with Crippen molar-refractivity contribution in [3.8, 4) is 17.2 Å². The highest BCUT2D eigenvalue weighted by atomic mass is 16.5. The molecular formula is C18H21NO4. The van der Waals surface area contributed by atoms with E-state index < -0.39 is 0 Å². The lowest BCUT2D eigenvalue weighted by molar-refractivity contribution is -0.118. The number of carbonyl (C=O) groups is 1. The minimum absolute atomic E-state index is 0.0557. The molecule has 5 nitrogen and oxygen atoms in total. The number of methoxy groups -OCH3 is 2. The zero-order chi connectivity index (χ0) is 16.7. The molecule has 1 N–H and O–H groups in total. The molecule has 2 rings (SSSR count). The summed E-state index contributed by atoms with van der Waals surface area (Å²) in [4.78, 5) is 12.0. The highest BCUT2D eigenvalue weighted by Gasteiger charge is 2.08. The summed E-state index contributed by atoms with van der Waals surface area (Å²) in [5.41, 5.74) is 1.85. The first-order valence-corrected chi connectivity index (χ1v) is 7.40. The lowest BCUT2D eigenvalue weighted by Gasteiger charge is -2.11. The van der Waals surface area contributed by atoms with E-state index in [1.165, 1.54) is 5.56 Å². The molecule has 0 fully saturated rings. The summed E-state index contributed by atoms with van der Waals surface area (Å²) >= 11 is 0. The number of anilines is 1. The van der Waals surface area contributed by atoms with Crippen LogP contribution in [-0.4, -0.2) is 26.7 Å². The van der Waals surface area contributed by atoms with Crippen molar-refractivity contribution in [1.82, 2.24) is 0 Å². The second-order valence-corrected chi connectivity index (χ2v) is 4.90. The van der Waals surface area contributed by atoms with E-state index in [9.17, 15) is 4.79 Å². The average Bonchev–Trinajstić information content (AvgIpc) is 2.60. The van der Waals surface area contributed by atoms with Gasteiger partial charge in [-0.05, 0) is 36.2 Å². The summed E-state index contributed by atoms with van der Waals surface area (Å²) in [6.45, 7) is 2.03. The van der Waals surface area contributed by atoms with Crippen LogP contribution in [-0.2, 0) is 11.2 Å². The molecule has 0 saturated heterocycles. The number of amides is 1. The molecule has 0 aliphatic carbocycles. The smallest absolute Gasteiger partial charge is 0.262 e. The number of hydrogen-bond acceptors (Lipinski definition) is 4. The topological polar surface area (TPSA) is 56.8 Å². The second-order valence-electron chi connectivity index (χ2n) is 4.90. The molecule has 0 aliphatic rings. The minimum atomic E-state index is -0.239. The Morgan fingerprint density at radius 2 is 1.70 bits per heavy atom. The van der Waals surface area contributed by atoms with Crippen molar-refractivity contribution in [2.75, 3.05) is 26.1 Å². The largest absolute Gasteiger partial charge is 0.493 e. The molecular weight excluding hydrogens is 294 g/mol. The third kappa shape index (κ3) is 4.64. The predicted molar refractivity (Wildman–Crippen MR) is 89.5 cm³/mol. The first-order chi connectivity index (χ1) is 11.2. The van der Waals surface area contributed by atoms with Crippen molar-refractivity contribution in [3.05, 3.63) is 48.0 Å². The van der Waals surface area contributed by atoms with Gasteiger partial charge in [0.15, 0.2) is 18.1 Å². The molecule has 0 bridgehead atoms. The van der Waals surface area contributed by atoms with Gasteiger partial charge in [0.1, 0.15) is 5.75 Å². The van der Waals surface area contributed by atoms with E-state index in [0.29, 0.717) is 22.9 Å². The maximum Gasteiger partial charge on any atom is 0.262 e. The van der Waals surface area contributed by atoms with Gasteiger partial charge in [0.2, 0.25) is 0 Å². The van der Waals surface area contributed by atoms with Gasteiger partial charge in [0, 0.05) is 11.8 Å². The molecule has 0 spiro atoms. The predicted octanol–water partition coefficient (Wildman–Crippen LogP) is 3.28. The molecule has 0 aliphatic heterocycles. The van der Waals surface area contributed by atoms with Gasteiger partial charge in [-0.15, -0.1) is 0 Å². The van der Waals surface area contributed by atoms with Gasteiger partial charge in [-0.3, -0.25) is 4.79 Å². The highest BCUT2D eigenvalue weighted by molar-refractivity contribution is 5.92. The number of aryl methyl sites for hydroxylation is 1. The fourth-order valence-corrected chi connectivity index (χ4v) is 2.08.